The van der Waals surface area contributed by atoms with Crippen molar-refractivity contribution in [2.75, 3.05) is 6.61 Å². The number of carboxylic acids is 2. The van der Waals surface area contributed by atoms with E-state index in [2.05, 4.69) is 6.58 Å². The van der Waals surface area contributed by atoms with Crippen molar-refractivity contribution >= 4 is 17.9 Å². The third kappa shape index (κ3) is 5.81. The van der Waals surface area contributed by atoms with Crippen LogP contribution in [0.2, 0.25) is 0 Å². The lowest BCUT2D eigenvalue weighted by molar-refractivity contribution is -0.132. The van der Waals surface area contributed by atoms with E-state index in [1.165, 1.54) is 19.1 Å². The molecule has 0 aliphatic carbocycles. The SMILES string of the molecule is C=C(C)C(=O)O.CCOC(=O)c1ccccc1C(=O)O. The molecular weight excluding hydrogens is 264 g/mol. The average Bonchev–Trinajstić information content (AvgIpc) is 2.39. The number of ether oxygens (including phenoxy) is 1. The summed E-state index contributed by atoms with van der Waals surface area (Å²) in [5.41, 5.74) is 0.225. The number of carbonyl (C=O) groups excluding carboxylic acids is 1. The Labute approximate surface area is 116 Å². The van der Waals surface area contributed by atoms with Gasteiger partial charge in [0.25, 0.3) is 0 Å². The molecule has 0 radical (unpaired) electrons. The number of esters is 1. The third-order valence-electron chi connectivity index (χ3n) is 2.02. The zero-order valence-corrected chi connectivity index (χ0v) is 11.3. The Morgan fingerprint density at radius 1 is 1.15 bits per heavy atom. The highest BCUT2D eigenvalue weighted by atomic mass is 16.5. The van der Waals surface area contributed by atoms with Gasteiger partial charge in [-0.2, -0.15) is 0 Å². The molecule has 0 saturated carbocycles. The molecule has 0 aliphatic heterocycles. The van der Waals surface area contributed by atoms with Gasteiger partial charge in [-0.25, -0.2) is 14.4 Å². The van der Waals surface area contributed by atoms with Crippen LogP contribution in [-0.2, 0) is 9.53 Å². The van der Waals surface area contributed by atoms with Crippen LogP contribution in [0.4, 0.5) is 0 Å². The van der Waals surface area contributed by atoms with Crippen molar-refractivity contribution in [2.45, 2.75) is 13.8 Å². The third-order valence-corrected chi connectivity index (χ3v) is 2.02. The normalized spacial score (nSPS) is 8.90. The maximum atomic E-state index is 11.3. The molecule has 20 heavy (non-hydrogen) atoms. The first-order valence-corrected chi connectivity index (χ1v) is 5.69. The van der Waals surface area contributed by atoms with E-state index in [-0.39, 0.29) is 23.3 Å². The molecule has 0 saturated heterocycles. The Bertz CT molecular complexity index is 506. The summed E-state index contributed by atoms with van der Waals surface area (Å²) < 4.78 is 4.72. The van der Waals surface area contributed by atoms with Gasteiger partial charge in [0.1, 0.15) is 0 Å². The standard InChI is InChI=1S/C10H10O4.C4H6O2/c1-2-14-10(13)8-6-4-3-5-7(8)9(11)12;1-3(2)4(5)6/h3-6H,2H2,1H3,(H,11,12);1H2,2H3,(H,5,6). The van der Waals surface area contributed by atoms with Gasteiger partial charge in [-0.3, -0.25) is 0 Å². The van der Waals surface area contributed by atoms with Crippen LogP contribution in [0.5, 0.6) is 0 Å². The van der Waals surface area contributed by atoms with E-state index in [0.29, 0.717) is 0 Å². The lowest BCUT2D eigenvalue weighted by Gasteiger charge is -2.04. The van der Waals surface area contributed by atoms with Crippen molar-refractivity contribution < 1.29 is 29.3 Å². The smallest absolute Gasteiger partial charge is 0.338 e. The summed E-state index contributed by atoms with van der Waals surface area (Å²) in [7, 11) is 0. The van der Waals surface area contributed by atoms with E-state index in [9.17, 15) is 14.4 Å². The number of rotatable bonds is 4. The first-order valence-electron chi connectivity index (χ1n) is 5.69. The highest BCUT2D eigenvalue weighted by molar-refractivity contribution is 6.02. The van der Waals surface area contributed by atoms with Crippen LogP contribution >= 0.6 is 0 Å². The largest absolute Gasteiger partial charge is 0.478 e. The second-order valence-corrected chi connectivity index (χ2v) is 3.66. The molecule has 0 bridgehead atoms. The number of benzene rings is 1. The molecule has 0 heterocycles. The van der Waals surface area contributed by atoms with Crippen molar-refractivity contribution in [3.05, 3.63) is 47.5 Å². The molecule has 0 amide bonds. The van der Waals surface area contributed by atoms with Gasteiger partial charge in [0.2, 0.25) is 0 Å². The topological polar surface area (TPSA) is 101 Å². The number of hydrogen-bond donors (Lipinski definition) is 2. The molecule has 0 spiro atoms. The Kier molecular flexibility index (Phi) is 7.35. The van der Waals surface area contributed by atoms with Crippen LogP contribution in [0.3, 0.4) is 0 Å². The fraction of sp³-hybridized carbons (Fsp3) is 0.214. The molecule has 0 atom stereocenters. The second-order valence-electron chi connectivity index (χ2n) is 3.66. The Morgan fingerprint density at radius 2 is 1.60 bits per heavy atom. The maximum absolute atomic E-state index is 11.3. The van der Waals surface area contributed by atoms with Gasteiger partial charge >= 0.3 is 17.9 Å². The second kappa shape index (κ2) is 8.47. The molecule has 6 heteroatoms. The zero-order valence-electron chi connectivity index (χ0n) is 11.3. The summed E-state index contributed by atoms with van der Waals surface area (Å²) in [5, 5.41) is 16.7. The average molecular weight is 280 g/mol. The lowest BCUT2D eigenvalue weighted by Crippen LogP contribution is -2.11. The number of carbonyl (C=O) groups is 3. The minimum absolute atomic E-state index is 0.0362. The van der Waals surface area contributed by atoms with Crippen LogP contribution in [0.1, 0.15) is 34.6 Å². The summed E-state index contributed by atoms with van der Waals surface area (Å²) in [4.78, 5) is 31.6. The number of carboxylic acid groups (broad SMARTS) is 2. The summed E-state index contributed by atoms with van der Waals surface area (Å²) in [6, 6.07) is 5.96. The predicted molar refractivity (Wildman–Crippen MR) is 71.8 cm³/mol. The Balaban J connectivity index is 0.000000511. The van der Waals surface area contributed by atoms with Crippen LogP contribution in [0.25, 0.3) is 0 Å². The van der Waals surface area contributed by atoms with Crippen LogP contribution in [-0.4, -0.2) is 34.7 Å². The summed E-state index contributed by atoms with van der Waals surface area (Å²) in [5.74, 6) is -2.67. The fourth-order valence-corrected chi connectivity index (χ4v) is 1.06. The van der Waals surface area contributed by atoms with E-state index < -0.39 is 17.9 Å². The quantitative estimate of drug-likeness (QED) is 0.647. The molecule has 6 nitrogen and oxygen atoms in total. The van der Waals surface area contributed by atoms with Crippen LogP contribution in [0, 0.1) is 0 Å². The molecule has 0 aliphatic rings. The molecule has 108 valence electrons. The number of aromatic carboxylic acids is 1. The minimum atomic E-state index is -1.13. The van der Waals surface area contributed by atoms with E-state index in [0.717, 1.165) is 0 Å². The van der Waals surface area contributed by atoms with Crippen molar-refractivity contribution in [3.8, 4) is 0 Å². The monoisotopic (exact) mass is 280 g/mol. The van der Waals surface area contributed by atoms with Crippen molar-refractivity contribution in [3.63, 3.8) is 0 Å². The first kappa shape index (κ1) is 17.4. The summed E-state index contributed by atoms with van der Waals surface area (Å²) in [6.45, 7) is 6.50. The molecule has 1 rings (SSSR count). The van der Waals surface area contributed by atoms with Gasteiger partial charge in [-0.1, -0.05) is 18.7 Å². The summed E-state index contributed by atoms with van der Waals surface area (Å²) >= 11 is 0. The van der Waals surface area contributed by atoms with Gasteiger partial charge in [-0.05, 0) is 26.0 Å². The van der Waals surface area contributed by atoms with E-state index >= 15 is 0 Å². The summed E-state index contributed by atoms with van der Waals surface area (Å²) in [6.07, 6.45) is 0. The van der Waals surface area contributed by atoms with E-state index in [4.69, 9.17) is 14.9 Å². The molecule has 0 fully saturated rings. The first-order chi connectivity index (χ1) is 9.31. The minimum Gasteiger partial charge on any atom is -0.478 e. The Morgan fingerprint density at radius 3 is 1.95 bits per heavy atom. The van der Waals surface area contributed by atoms with Crippen molar-refractivity contribution in [1.29, 1.82) is 0 Å². The van der Waals surface area contributed by atoms with Crippen LogP contribution < -0.4 is 0 Å². The Hall–Kier alpha value is -2.63. The van der Waals surface area contributed by atoms with Gasteiger partial charge in [-0.15, -0.1) is 0 Å². The maximum Gasteiger partial charge on any atom is 0.338 e. The predicted octanol–water partition coefficient (Wildman–Crippen LogP) is 2.21. The number of aliphatic carboxylic acids is 1. The van der Waals surface area contributed by atoms with Crippen molar-refractivity contribution in [2.24, 2.45) is 0 Å². The van der Waals surface area contributed by atoms with E-state index in [1.54, 1.807) is 19.1 Å². The van der Waals surface area contributed by atoms with Gasteiger partial charge in [0.15, 0.2) is 0 Å². The molecule has 0 aromatic heterocycles. The van der Waals surface area contributed by atoms with Gasteiger partial charge < -0.3 is 14.9 Å². The van der Waals surface area contributed by atoms with Crippen molar-refractivity contribution in [1.82, 2.24) is 0 Å². The molecule has 2 N–H and O–H groups in total. The highest BCUT2D eigenvalue weighted by Gasteiger charge is 2.15. The van der Waals surface area contributed by atoms with Crippen LogP contribution in [0.15, 0.2) is 36.4 Å². The zero-order chi connectivity index (χ0) is 15.7. The molecule has 1 aromatic carbocycles. The highest BCUT2D eigenvalue weighted by Crippen LogP contribution is 2.09. The molecule has 1 aromatic rings. The lowest BCUT2D eigenvalue weighted by atomic mass is 10.1. The van der Waals surface area contributed by atoms with Gasteiger partial charge in [0.05, 0.1) is 17.7 Å². The molecule has 0 unspecified atom stereocenters. The fourth-order valence-electron chi connectivity index (χ4n) is 1.06. The van der Waals surface area contributed by atoms with Gasteiger partial charge in [0, 0.05) is 5.57 Å². The molecular formula is C14H16O6. The number of hydrogen-bond acceptors (Lipinski definition) is 4. The van der Waals surface area contributed by atoms with E-state index in [1.807, 2.05) is 0 Å².